The van der Waals surface area contributed by atoms with Gasteiger partial charge in [0.1, 0.15) is 0 Å². The van der Waals surface area contributed by atoms with Gasteiger partial charge in [-0.3, -0.25) is 5.21 Å². The van der Waals surface area contributed by atoms with Crippen molar-refractivity contribution in [3.63, 3.8) is 0 Å². The van der Waals surface area contributed by atoms with E-state index in [4.69, 9.17) is 5.21 Å². The third-order valence-corrected chi connectivity index (χ3v) is 0.421. The Morgan fingerprint density at radius 3 is 2.30 bits per heavy atom. The van der Waals surface area contributed by atoms with Crippen molar-refractivity contribution in [2.45, 2.75) is 0 Å². The van der Waals surface area contributed by atoms with E-state index in [1.54, 1.807) is 0 Å². The third kappa shape index (κ3) is 3.46. The molecule has 10 heavy (non-hydrogen) atoms. The highest BCUT2D eigenvalue weighted by Crippen LogP contribution is 1.76. The molecule has 0 saturated heterocycles. The molecule has 0 spiro atoms. The summed E-state index contributed by atoms with van der Waals surface area (Å²) in [7, 11) is 0. The minimum Gasteiger partial charge on any atom is -0.350 e. The number of carbonyl (C=O) groups excluding carboxylic acids is 2. The molecule has 0 radical (unpaired) electrons. The van der Waals surface area contributed by atoms with E-state index in [0.29, 0.717) is 0 Å². The first kappa shape index (κ1) is 8.46. The Morgan fingerprint density at radius 2 is 2.00 bits per heavy atom. The predicted molar refractivity (Wildman–Crippen MR) is 27.0 cm³/mol. The largest absolute Gasteiger partial charge is 0.366 e. The first-order valence-electron chi connectivity index (χ1n) is 2.05. The zero-order chi connectivity index (χ0) is 8.15. The molecule has 0 aliphatic carbocycles. The molecule has 0 aliphatic heterocycles. The van der Waals surface area contributed by atoms with Crippen LogP contribution in [-0.4, -0.2) is 22.5 Å². The molecule has 0 fully saturated rings. The fraction of sp³-hybridized carbons (Fsp3) is 0. The SMILES string of the molecule is NC(=O)NON(O)C(N)=O. The van der Waals surface area contributed by atoms with Crippen molar-refractivity contribution in [3.8, 4) is 0 Å². The molecule has 8 nitrogen and oxygen atoms in total. The zero-order valence-corrected chi connectivity index (χ0v) is 4.77. The zero-order valence-electron chi connectivity index (χ0n) is 4.77. The molecule has 4 amide bonds. The van der Waals surface area contributed by atoms with Crippen molar-refractivity contribution in [2.24, 2.45) is 11.5 Å². The minimum absolute atomic E-state index is 0.384. The van der Waals surface area contributed by atoms with Gasteiger partial charge >= 0.3 is 12.1 Å². The van der Waals surface area contributed by atoms with Crippen LogP contribution in [0.15, 0.2) is 0 Å². The molecular formula is C2H6N4O4. The number of primary amides is 2. The minimum atomic E-state index is -1.28. The Hall–Kier alpha value is -1.54. The van der Waals surface area contributed by atoms with Gasteiger partial charge in [0, 0.05) is 0 Å². The fourth-order valence-corrected chi connectivity index (χ4v) is 0.133. The molecule has 0 unspecified atom stereocenters. The molecule has 0 heterocycles. The van der Waals surface area contributed by atoms with E-state index in [1.807, 2.05) is 0 Å². The van der Waals surface area contributed by atoms with Gasteiger partial charge in [-0.15, -0.1) is 4.94 Å². The standard InChI is InChI=1S/C2H6N4O4/c3-1(7)5-10-6(9)2(4)8/h9H,(H2,4,8)(H3,3,5,7). The lowest BCUT2D eigenvalue weighted by atomic mass is 11.1. The van der Waals surface area contributed by atoms with Crippen LogP contribution in [-0.2, 0) is 4.94 Å². The summed E-state index contributed by atoms with van der Waals surface area (Å²) in [6.45, 7) is 0. The Morgan fingerprint density at radius 1 is 1.50 bits per heavy atom. The van der Waals surface area contributed by atoms with Gasteiger partial charge in [-0.25, -0.2) is 9.59 Å². The summed E-state index contributed by atoms with van der Waals surface area (Å²) in [5, 5.41) is 7.86. The number of rotatable bonds is 2. The van der Waals surface area contributed by atoms with Crippen LogP contribution in [0, 0.1) is 0 Å². The van der Waals surface area contributed by atoms with Gasteiger partial charge < -0.3 is 11.5 Å². The summed E-state index contributed by atoms with van der Waals surface area (Å²) in [5.74, 6) is 0. The lowest BCUT2D eigenvalue weighted by molar-refractivity contribution is -0.316. The Labute approximate surface area is 55.2 Å². The summed E-state index contributed by atoms with van der Waals surface area (Å²) in [5.41, 5.74) is 10.4. The molecular weight excluding hydrogens is 144 g/mol. The Kier molecular flexibility index (Phi) is 2.94. The van der Waals surface area contributed by atoms with Crippen molar-refractivity contribution in [3.05, 3.63) is 0 Å². The molecule has 0 rings (SSSR count). The van der Waals surface area contributed by atoms with Gasteiger partial charge in [0.15, 0.2) is 0 Å². The van der Waals surface area contributed by atoms with Crippen LogP contribution in [0.5, 0.6) is 0 Å². The average molecular weight is 150 g/mol. The number of hydroxylamine groups is 3. The average Bonchev–Trinajstić information content (AvgIpc) is 1.82. The van der Waals surface area contributed by atoms with Crippen molar-refractivity contribution in [1.82, 2.24) is 10.7 Å². The van der Waals surface area contributed by atoms with Crippen molar-refractivity contribution in [1.29, 1.82) is 0 Å². The van der Waals surface area contributed by atoms with E-state index in [1.165, 1.54) is 5.48 Å². The molecule has 0 bridgehead atoms. The summed E-state index contributed by atoms with van der Waals surface area (Å²) < 4.78 is 0. The summed E-state index contributed by atoms with van der Waals surface area (Å²) in [6, 6.07) is -2.35. The highest BCUT2D eigenvalue weighted by Gasteiger charge is 2.06. The smallest absolute Gasteiger partial charge is 0.350 e. The van der Waals surface area contributed by atoms with Gasteiger partial charge in [-0.1, -0.05) is 0 Å². The lowest BCUT2D eigenvalue weighted by Gasteiger charge is -2.08. The molecule has 0 aliphatic rings. The Bertz CT molecular complexity index is 146. The van der Waals surface area contributed by atoms with Crippen LogP contribution in [0.1, 0.15) is 0 Å². The topological polar surface area (TPSA) is 131 Å². The second-order valence-electron chi connectivity index (χ2n) is 1.17. The maximum Gasteiger partial charge on any atom is 0.366 e. The summed E-state index contributed by atoms with van der Waals surface area (Å²) >= 11 is 0. The Balaban J connectivity index is 3.49. The van der Waals surface area contributed by atoms with E-state index in [0.717, 1.165) is 0 Å². The number of hydrogen-bond donors (Lipinski definition) is 4. The fourth-order valence-electron chi connectivity index (χ4n) is 0.133. The highest BCUT2D eigenvalue weighted by molar-refractivity contribution is 5.71. The van der Waals surface area contributed by atoms with E-state index >= 15 is 0 Å². The number of hydrogen-bond acceptors (Lipinski definition) is 4. The van der Waals surface area contributed by atoms with Crippen molar-refractivity contribution in [2.75, 3.05) is 0 Å². The van der Waals surface area contributed by atoms with E-state index in [2.05, 4.69) is 16.4 Å². The second-order valence-corrected chi connectivity index (χ2v) is 1.17. The molecule has 0 atom stereocenters. The van der Waals surface area contributed by atoms with Crippen LogP contribution in [0.25, 0.3) is 0 Å². The molecule has 0 aromatic rings. The third-order valence-electron chi connectivity index (χ3n) is 0.421. The van der Waals surface area contributed by atoms with E-state index in [9.17, 15) is 9.59 Å². The maximum absolute atomic E-state index is 9.89. The van der Waals surface area contributed by atoms with Gasteiger partial charge in [0.25, 0.3) is 0 Å². The quantitative estimate of drug-likeness (QED) is 0.275. The van der Waals surface area contributed by atoms with Crippen LogP contribution >= 0.6 is 0 Å². The van der Waals surface area contributed by atoms with Gasteiger partial charge in [-0.2, -0.15) is 5.48 Å². The summed E-state index contributed by atoms with van der Waals surface area (Å²) in [6.07, 6.45) is 0. The highest BCUT2D eigenvalue weighted by atomic mass is 17.0. The van der Waals surface area contributed by atoms with Crippen molar-refractivity contribution >= 4 is 12.1 Å². The number of amides is 4. The molecule has 0 aromatic heterocycles. The first-order valence-corrected chi connectivity index (χ1v) is 2.05. The van der Waals surface area contributed by atoms with Crippen LogP contribution in [0.3, 0.4) is 0 Å². The van der Waals surface area contributed by atoms with Crippen LogP contribution in [0.2, 0.25) is 0 Å². The van der Waals surface area contributed by atoms with Gasteiger partial charge in [-0.05, 0) is 5.23 Å². The number of nitrogens with zero attached hydrogens (tertiary/aromatic N) is 1. The van der Waals surface area contributed by atoms with Gasteiger partial charge in [0.05, 0.1) is 0 Å². The molecule has 8 heteroatoms. The molecule has 0 saturated carbocycles. The van der Waals surface area contributed by atoms with E-state index < -0.39 is 12.1 Å². The van der Waals surface area contributed by atoms with Crippen molar-refractivity contribution < 1.29 is 19.7 Å². The normalized spacial score (nSPS) is 8.50. The van der Waals surface area contributed by atoms with Crippen LogP contribution < -0.4 is 16.9 Å². The molecule has 0 aromatic carbocycles. The van der Waals surface area contributed by atoms with Gasteiger partial charge in [0.2, 0.25) is 0 Å². The number of nitrogens with two attached hydrogens (primary N) is 2. The maximum atomic E-state index is 9.89. The second kappa shape index (κ2) is 3.48. The summed E-state index contributed by atoms with van der Waals surface area (Å²) in [4.78, 5) is 23.5. The molecule has 58 valence electrons. The van der Waals surface area contributed by atoms with E-state index in [-0.39, 0.29) is 5.23 Å². The lowest BCUT2D eigenvalue weighted by Crippen LogP contribution is -2.41. The number of carbonyl (C=O) groups is 2. The first-order chi connectivity index (χ1) is 4.54. The number of nitrogens with one attached hydrogen (secondary N) is 1. The number of urea groups is 2. The monoisotopic (exact) mass is 150 g/mol. The van der Waals surface area contributed by atoms with Crippen LogP contribution in [0.4, 0.5) is 9.59 Å². The predicted octanol–water partition coefficient (Wildman–Crippen LogP) is -1.73. The molecule has 6 N–H and O–H groups in total.